The molecule has 0 fully saturated rings. The first-order valence-corrected chi connectivity index (χ1v) is 8.09. The molecular weight excluding hydrogens is 332 g/mol. The summed E-state index contributed by atoms with van der Waals surface area (Å²) in [4.78, 5) is 20.9. The van der Waals surface area contributed by atoms with Crippen LogP contribution in [-0.4, -0.2) is 24.9 Å². The zero-order chi connectivity index (χ0) is 15.6. The normalized spacial score (nSPS) is 11.0. The molecule has 3 heterocycles. The SMILES string of the molecule is Clc1nc(NCc2cnc(-c3ccccc3)s2)c2[nH]cnc2n1. The number of fused-ring (bicyclic) bond motifs is 1. The number of hydrogen-bond acceptors (Lipinski definition) is 6. The van der Waals surface area contributed by atoms with Crippen molar-refractivity contribution >= 4 is 39.9 Å². The topological polar surface area (TPSA) is 79.4 Å². The van der Waals surface area contributed by atoms with Crippen molar-refractivity contribution in [2.75, 3.05) is 5.32 Å². The average Bonchev–Trinajstić information content (AvgIpc) is 3.22. The number of nitrogens with one attached hydrogen (secondary N) is 2. The molecule has 0 amide bonds. The minimum absolute atomic E-state index is 0.168. The number of benzene rings is 1. The highest BCUT2D eigenvalue weighted by Crippen LogP contribution is 2.26. The van der Waals surface area contributed by atoms with Gasteiger partial charge in [0, 0.05) is 16.6 Å². The van der Waals surface area contributed by atoms with E-state index in [-0.39, 0.29) is 5.28 Å². The van der Waals surface area contributed by atoms with E-state index in [1.807, 2.05) is 36.5 Å². The predicted molar refractivity (Wildman–Crippen MR) is 91.6 cm³/mol. The molecule has 23 heavy (non-hydrogen) atoms. The molecule has 114 valence electrons. The van der Waals surface area contributed by atoms with Crippen LogP contribution >= 0.6 is 22.9 Å². The van der Waals surface area contributed by atoms with E-state index in [1.165, 1.54) is 0 Å². The van der Waals surface area contributed by atoms with E-state index < -0.39 is 0 Å². The fourth-order valence-corrected chi connectivity index (χ4v) is 3.23. The molecule has 0 saturated heterocycles. The molecule has 0 unspecified atom stereocenters. The van der Waals surface area contributed by atoms with Crippen molar-refractivity contribution in [1.82, 2.24) is 24.9 Å². The molecule has 0 radical (unpaired) electrons. The summed E-state index contributed by atoms with van der Waals surface area (Å²) in [7, 11) is 0. The first-order valence-electron chi connectivity index (χ1n) is 6.90. The van der Waals surface area contributed by atoms with Gasteiger partial charge in [-0.3, -0.25) is 0 Å². The van der Waals surface area contributed by atoms with Crippen molar-refractivity contribution in [3.63, 3.8) is 0 Å². The molecule has 8 heteroatoms. The minimum atomic E-state index is 0.168. The molecule has 0 atom stereocenters. The van der Waals surface area contributed by atoms with E-state index >= 15 is 0 Å². The first-order chi connectivity index (χ1) is 11.3. The number of halogens is 1. The van der Waals surface area contributed by atoms with E-state index in [0.717, 1.165) is 21.0 Å². The van der Waals surface area contributed by atoms with Crippen LogP contribution in [0.3, 0.4) is 0 Å². The van der Waals surface area contributed by atoms with Gasteiger partial charge in [0.15, 0.2) is 11.5 Å². The van der Waals surface area contributed by atoms with E-state index in [2.05, 4.69) is 30.2 Å². The average molecular weight is 343 g/mol. The molecule has 4 rings (SSSR count). The van der Waals surface area contributed by atoms with Gasteiger partial charge in [-0.05, 0) is 11.6 Å². The van der Waals surface area contributed by atoms with Gasteiger partial charge in [0.1, 0.15) is 10.5 Å². The largest absolute Gasteiger partial charge is 0.363 e. The number of anilines is 1. The third kappa shape index (κ3) is 2.88. The lowest BCUT2D eigenvalue weighted by Gasteiger charge is -2.04. The van der Waals surface area contributed by atoms with E-state index in [4.69, 9.17) is 11.6 Å². The zero-order valence-electron chi connectivity index (χ0n) is 11.8. The Labute approximate surface area is 140 Å². The second kappa shape index (κ2) is 5.94. The Morgan fingerprint density at radius 1 is 1.13 bits per heavy atom. The number of imidazole rings is 1. The molecule has 0 aliphatic rings. The van der Waals surface area contributed by atoms with Crippen LogP contribution in [0.25, 0.3) is 21.7 Å². The highest BCUT2D eigenvalue weighted by atomic mass is 35.5. The molecule has 0 aliphatic carbocycles. The van der Waals surface area contributed by atoms with Gasteiger partial charge in [-0.2, -0.15) is 9.97 Å². The molecule has 0 saturated carbocycles. The van der Waals surface area contributed by atoms with Gasteiger partial charge >= 0.3 is 0 Å². The number of H-pyrrole nitrogens is 1. The number of thiazole rings is 1. The van der Waals surface area contributed by atoms with Crippen LogP contribution in [0.2, 0.25) is 5.28 Å². The smallest absolute Gasteiger partial charge is 0.226 e. The molecule has 0 bridgehead atoms. The molecule has 0 spiro atoms. The molecule has 0 aliphatic heterocycles. The summed E-state index contributed by atoms with van der Waals surface area (Å²) < 4.78 is 0. The molecular formula is C15H11ClN6S. The van der Waals surface area contributed by atoms with Crippen molar-refractivity contribution < 1.29 is 0 Å². The third-order valence-corrected chi connectivity index (χ3v) is 4.48. The fraction of sp³-hybridized carbons (Fsp3) is 0.0667. The van der Waals surface area contributed by atoms with Crippen molar-refractivity contribution in [3.8, 4) is 10.6 Å². The van der Waals surface area contributed by atoms with Gasteiger partial charge < -0.3 is 10.3 Å². The van der Waals surface area contributed by atoms with E-state index in [0.29, 0.717) is 18.0 Å². The van der Waals surface area contributed by atoms with Crippen LogP contribution in [0.15, 0.2) is 42.9 Å². The number of nitrogens with zero attached hydrogens (tertiary/aromatic N) is 4. The van der Waals surface area contributed by atoms with Crippen molar-refractivity contribution in [2.45, 2.75) is 6.54 Å². The summed E-state index contributed by atoms with van der Waals surface area (Å²) in [6.07, 6.45) is 3.44. The van der Waals surface area contributed by atoms with Gasteiger partial charge in [-0.1, -0.05) is 30.3 Å². The maximum Gasteiger partial charge on any atom is 0.226 e. The molecule has 1 aromatic carbocycles. The summed E-state index contributed by atoms with van der Waals surface area (Å²) in [6.45, 7) is 0.603. The Bertz CT molecular complexity index is 949. The van der Waals surface area contributed by atoms with E-state index in [1.54, 1.807) is 17.7 Å². The Morgan fingerprint density at radius 3 is 2.87 bits per heavy atom. The van der Waals surface area contributed by atoms with Gasteiger partial charge in [-0.25, -0.2) is 9.97 Å². The summed E-state index contributed by atoms with van der Waals surface area (Å²) in [6, 6.07) is 10.1. The maximum atomic E-state index is 5.92. The van der Waals surface area contributed by atoms with Gasteiger partial charge in [-0.15, -0.1) is 11.3 Å². The van der Waals surface area contributed by atoms with Crippen molar-refractivity contribution in [1.29, 1.82) is 0 Å². The standard InChI is InChI=1S/C15H11ClN6S/c16-15-21-12(11-13(22-15)20-8-19-11)17-6-10-7-18-14(23-10)9-4-2-1-3-5-9/h1-5,7-8H,6H2,(H2,17,19,20,21,22). The number of aromatic nitrogens is 5. The predicted octanol–water partition coefficient (Wildman–Crippen LogP) is 3.74. The highest BCUT2D eigenvalue weighted by Gasteiger charge is 2.10. The minimum Gasteiger partial charge on any atom is -0.363 e. The lowest BCUT2D eigenvalue weighted by atomic mass is 10.2. The second-order valence-corrected chi connectivity index (χ2v) is 6.25. The fourth-order valence-electron chi connectivity index (χ4n) is 2.21. The van der Waals surface area contributed by atoms with Gasteiger partial charge in [0.2, 0.25) is 5.28 Å². The zero-order valence-corrected chi connectivity index (χ0v) is 13.4. The van der Waals surface area contributed by atoms with Crippen molar-refractivity contribution in [2.24, 2.45) is 0 Å². The molecule has 6 nitrogen and oxygen atoms in total. The Hall–Kier alpha value is -2.51. The monoisotopic (exact) mass is 342 g/mol. The lowest BCUT2D eigenvalue weighted by Crippen LogP contribution is -2.02. The van der Waals surface area contributed by atoms with Gasteiger partial charge in [0.25, 0.3) is 0 Å². The van der Waals surface area contributed by atoms with Crippen LogP contribution in [0.4, 0.5) is 5.82 Å². The van der Waals surface area contributed by atoms with Crippen LogP contribution in [0.1, 0.15) is 4.88 Å². The second-order valence-electron chi connectivity index (χ2n) is 4.79. The van der Waals surface area contributed by atoms with Crippen LogP contribution in [0, 0.1) is 0 Å². The summed E-state index contributed by atoms with van der Waals surface area (Å²) >= 11 is 7.56. The summed E-state index contributed by atoms with van der Waals surface area (Å²) in [5.74, 6) is 0.632. The van der Waals surface area contributed by atoms with E-state index in [9.17, 15) is 0 Å². The van der Waals surface area contributed by atoms with Crippen LogP contribution < -0.4 is 5.32 Å². The Kier molecular flexibility index (Phi) is 3.64. The number of hydrogen-bond donors (Lipinski definition) is 2. The molecule has 2 N–H and O–H groups in total. The molecule has 4 aromatic rings. The van der Waals surface area contributed by atoms with Crippen LogP contribution in [-0.2, 0) is 6.54 Å². The Morgan fingerprint density at radius 2 is 2.00 bits per heavy atom. The molecule has 3 aromatic heterocycles. The summed E-state index contributed by atoms with van der Waals surface area (Å²) in [5.41, 5.74) is 2.40. The third-order valence-electron chi connectivity index (χ3n) is 3.26. The number of rotatable bonds is 4. The quantitative estimate of drug-likeness (QED) is 0.552. The van der Waals surface area contributed by atoms with Gasteiger partial charge in [0.05, 0.1) is 12.9 Å². The maximum absolute atomic E-state index is 5.92. The van der Waals surface area contributed by atoms with Crippen LogP contribution in [0.5, 0.6) is 0 Å². The summed E-state index contributed by atoms with van der Waals surface area (Å²) in [5, 5.41) is 4.42. The Balaban J connectivity index is 1.55. The first kappa shape index (κ1) is 14.1. The lowest BCUT2D eigenvalue weighted by molar-refractivity contribution is 1.11. The number of aromatic amines is 1. The van der Waals surface area contributed by atoms with Crippen molar-refractivity contribution in [3.05, 3.63) is 53.0 Å². The highest BCUT2D eigenvalue weighted by molar-refractivity contribution is 7.15.